The molecule has 1 unspecified atom stereocenters. The van der Waals surface area contributed by atoms with Crippen LogP contribution in [-0.4, -0.2) is 48.6 Å². The van der Waals surface area contributed by atoms with Gasteiger partial charge in [0.2, 0.25) is 5.91 Å². The molecule has 4 aliphatic carbocycles. The third kappa shape index (κ3) is 3.42. The third-order valence-electron chi connectivity index (χ3n) is 7.86. The van der Waals surface area contributed by atoms with Gasteiger partial charge in [-0.15, -0.1) is 0 Å². The topological polar surface area (TPSA) is 35.6 Å². The zero-order valence-electron chi connectivity index (χ0n) is 16.9. The van der Waals surface area contributed by atoms with Crippen molar-refractivity contribution >= 4 is 11.6 Å². The lowest BCUT2D eigenvalue weighted by Crippen LogP contribution is -2.63. The van der Waals surface area contributed by atoms with Crippen LogP contribution in [0.1, 0.15) is 45.4 Å². The lowest BCUT2D eigenvalue weighted by atomic mass is 9.53. The molecule has 1 amide bonds. The van der Waals surface area contributed by atoms with Gasteiger partial charge in [0, 0.05) is 37.4 Å². The van der Waals surface area contributed by atoms with Crippen LogP contribution in [0, 0.1) is 23.6 Å². The van der Waals surface area contributed by atoms with Crippen molar-refractivity contribution in [1.82, 2.24) is 10.2 Å². The highest BCUT2D eigenvalue weighted by atomic mass is 19.1. The zero-order chi connectivity index (χ0) is 19.3. The zero-order valence-corrected chi connectivity index (χ0v) is 16.9. The second-order valence-corrected chi connectivity index (χ2v) is 9.86. The second-order valence-electron chi connectivity index (χ2n) is 9.86. The molecule has 0 radical (unpaired) electrons. The van der Waals surface area contributed by atoms with Gasteiger partial charge in [-0.3, -0.25) is 9.69 Å². The van der Waals surface area contributed by atoms with E-state index in [-0.39, 0.29) is 23.3 Å². The smallest absolute Gasteiger partial charge is 0.237 e. The molecule has 5 heteroatoms. The Bertz CT molecular complexity index is 691. The number of piperazine rings is 1. The standard InChI is InChI=1S/C23H32FN3O/c1-16(26-6-8-27(9-7-26)21-4-2-20(24)3-5-21)22(28)25-23-13-17-10-18(14-23)12-19(11-17)15-23/h2-5,16-19H,6-15H2,1H3,(H,25,28). The van der Waals surface area contributed by atoms with E-state index in [4.69, 9.17) is 0 Å². The van der Waals surface area contributed by atoms with E-state index < -0.39 is 0 Å². The van der Waals surface area contributed by atoms with Gasteiger partial charge in [0.05, 0.1) is 6.04 Å². The first-order chi connectivity index (χ1) is 13.5. The summed E-state index contributed by atoms with van der Waals surface area (Å²) < 4.78 is 13.1. The van der Waals surface area contributed by atoms with Crippen LogP contribution in [0.15, 0.2) is 24.3 Å². The van der Waals surface area contributed by atoms with Crippen LogP contribution < -0.4 is 10.2 Å². The fourth-order valence-corrected chi connectivity index (χ4v) is 6.81. The van der Waals surface area contributed by atoms with Crippen molar-refractivity contribution in [3.63, 3.8) is 0 Å². The molecule has 152 valence electrons. The monoisotopic (exact) mass is 385 g/mol. The number of nitrogens with zero attached hydrogens (tertiary/aromatic N) is 2. The van der Waals surface area contributed by atoms with E-state index in [0.29, 0.717) is 0 Å². The van der Waals surface area contributed by atoms with E-state index in [1.807, 2.05) is 12.1 Å². The van der Waals surface area contributed by atoms with E-state index >= 15 is 0 Å². The molecule has 1 aliphatic heterocycles. The molecule has 1 atom stereocenters. The molecule has 4 nitrogen and oxygen atoms in total. The number of hydrogen-bond acceptors (Lipinski definition) is 3. The fraction of sp³-hybridized carbons (Fsp3) is 0.696. The highest BCUT2D eigenvalue weighted by Crippen LogP contribution is 2.55. The van der Waals surface area contributed by atoms with Gasteiger partial charge in [-0.05, 0) is 87.5 Å². The summed E-state index contributed by atoms with van der Waals surface area (Å²) in [6.45, 7) is 5.55. The summed E-state index contributed by atoms with van der Waals surface area (Å²) in [5, 5.41) is 3.53. The molecule has 5 fully saturated rings. The number of amides is 1. The predicted octanol–water partition coefficient (Wildman–Crippen LogP) is 3.42. The van der Waals surface area contributed by atoms with Crippen molar-refractivity contribution in [3.8, 4) is 0 Å². The van der Waals surface area contributed by atoms with Crippen molar-refractivity contribution in [1.29, 1.82) is 0 Å². The van der Waals surface area contributed by atoms with Gasteiger partial charge in [-0.2, -0.15) is 0 Å². The normalized spacial score (nSPS) is 35.8. The lowest BCUT2D eigenvalue weighted by molar-refractivity contribution is -0.131. The summed E-state index contributed by atoms with van der Waals surface area (Å²) in [6.07, 6.45) is 7.81. The Morgan fingerprint density at radius 1 is 1.00 bits per heavy atom. The van der Waals surface area contributed by atoms with E-state index in [9.17, 15) is 9.18 Å². The quantitative estimate of drug-likeness (QED) is 0.863. The first-order valence-corrected chi connectivity index (χ1v) is 11.1. The first-order valence-electron chi connectivity index (χ1n) is 11.1. The van der Waals surface area contributed by atoms with Crippen LogP contribution in [-0.2, 0) is 4.79 Å². The molecule has 1 aromatic carbocycles. The van der Waals surface area contributed by atoms with Crippen molar-refractivity contribution in [3.05, 3.63) is 30.1 Å². The molecule has 28 heavy (non-hydrogen) atoms. The van der Waals surface area contributed by atoms with Gasteiger partial charge in [0.25, 0.3) is 0 Å². The average Bonchev–Trinajstić information content (AvgIpc) is 2.67. The van der Waals surface area contributed by atoms with Crippen LogP contribution >= 0.6 is 0 Å². The Morgan fingerprint density at radius 2 is 1.54 bits per heavy atom. The molecular formula is C23H32FN3O. The van der Waals surface area contributed by atoms with E-state index in [2.05, 4.69) is 22.0 Å². The van der Waals surface area contributed by atoms with Gasteiger partial charge >= 0.3 is 0 Å². The maximum Gasteiger partial charge on any atom is 0.237 e. The third-order valence-corrected chi connectivity index (χ3v) is 7.86. The minimum absolute atomic E-state index is 0.0802. The number of carbonyl (C=O) groups is 1. The van der Waals surface area contributed by atoms with Gasteiger partial charge in [-0.25, -0.2) is 4.39 Å². The molecule has 1 N–H and O–H groups in total. The predicted molar refractivity (Wildman–Crippen MR) is 109 cm³/mol. The van der Waals surface area contributed by atoms with Crippen molar-refractivity contribution in [2.24, 2.45) is 17.8 Å². The van der Waals surface area contributed by atoms with E-state index in [0.717, 1.165) is 49.6 Å². The second kappa shape index (κ2) is 7.01. The largest absolute Gasteiger partial charge is 0.369 e. The highest BCUT2D eigenvalue weighted by Gasteiger charge is 2.51. The summed E-state index contributed by atoms with van der Waals surface area (Å²) >= 11 is 0. The van der Waals surface area contributed by atoms with Crippen molar-refractivity contribution in [2.75, 3.05) is 31.1 Å². The summed E-state index contributed by atoms with van der Waals surface area (Å²) in [5.74, 6) is 2.57. The Kier molecular flexibility index (Phi) is 4.61. The summed E-state index contributed by atoms with van der Waals surface area (Å²) in [6, 6.07) is 6.64. The summed E-state index contributed by atoms with van der Waals surface area (Å²) in [7, 11) is 0. The molecule has 4 bridgehead atoms. The number of anilines is 1. The number of nitrogens with one attached hydrogen (secondary N) is 1. The Balaban J connectivity index is 1.17. The number of hydrogen-bond donors (Lipinski definition) is 1. The van der Waals surface area contributed by atoms with Crippen molar-refractivity contribution < 1.29 is 9.18 Å². The average molecular weight is 386 g/mol. The van der Waals surface area contributed by atoms with Gasteiger partial charge in [-0.1, -0.05) is 0 Å². The molecule has 0 aromatic heterocycles. The van der Waals surface area contributed by atoms with E-state index in [1.54, 1.807) is 0 Å². The fourth-order valence-electron chi connectivity index (χ4n) is 6.81. The molecule has 0 spiro atoms. The number of rotatable bonds is 4. The van der Waals surface area contributed by atoms with Gasteiger partial charge < -0.3 is 10.2 Å². The molecule has 1 aromatic rings. The van der Waals surface area contributed by atoms with Crippen LogP contribution in [0.4, 0.5) is 10.1 Å². The van der Waals surface area contributed by atoms with Crippen LogP contribution in [0.3, 0.4) is 0 Å². The van der Waals surface area contributed by atoms with Gasteiger partial charge in [0.15, 0.2) is 0 Å². The Labute approximate surface area is 167 Å². The molecule has 1 saturated heterocycles. The lowest BCUT2D eigenvalue weighted by Gasteiger charge is -2.57. The Hall–Kier alpha value is -1.62. The number of halogens is 1. The highest BCUT2D eigenvalue weighted by molar-refractivity contribution is 5.82. The molecule has 4 saturated carbocycles. The maximum absolute atomic E-state index is 13.1. The maximum atomic E-state index is 13.1. The Morgan fingerprint density at radius 3 is 2.07 bits per heavy atom. The summed E-state index contributed by atoms with van der Waals surface area (Å²) in [5.41, 5.74) is 1.16. The van der Waals surface area contributed by atoms with E-state index in [1.165, 1.54) is 50.7 Å². The molecular weight excluding hydrogens is 353 g/mol. The van der Waals surface area contributed by atoms with Gasteiger partial charge in [0.1, 0.15) is 5.82 Å². The number of benzene rings is 1. The van der Waals surface area contributed by atoms with Crippen molar-refractivity contribution in [2.45, 2.75) is 57.0 Å². The number of carbonyl (C=O) groups excluding carboxylic acids is 1. The first kappa shape index (κ1) is 18.4. The molecule has 5 aliphatic rings. The van der Waals surface area contributed by atoms with Crippen LogP contribution in [0.5, 0.6) is 0 Å². The summed E-state index contributed by atoms with van der Waals surface area (Å²) in [4.78, 5) is 17.7. The molecule has 6 rings (SSSR count). The van der Waals surface area contributed by atoms with Crippen LogP contribution in [0.25, 0.3) is 0 Å². The molecule has 1 heterocycles. The minimum atomic E-state index is -0.197. The SMILES string of the molecule is CC(C(=O)NC12CC3CC(CC(C3)C1)C2)N1CCN(c2ccc(F)cc2)CC1. The minimum Gasteiger partial charge on any atom is -0.369 e. The van der Waals surface area contributed by atoms with Crippen LogP contribution in [0.2, 0.25) is 0 Å².